The molecular weight excluding hydrogens is 237 g/mol. The van der Waals surface area contributed by atoms with Crippen LogP contribution >= 0.6 is 12.8 Å². The molecule has 0 fully saturated rings. The van der Waals surface area contributed by atoms with Crippen LogP contribution in [-0.4, -0.2) is 4.98 Å². The molecule has 0 saturated carbocycles. The number of fused-ring (bicyclic) bond motifs is 1. The Bertz CT molecular complexity index is 525. The van der Waals surface area contributed by atoms with E-state index in [1.165, 1.54) is 6.07 Å². The number of anilines is 1. The van der Waals surface area contributed by atoms with Gasteiger partial charge in [-0.15, -0.1) is 0 Å². The molecule has 0 amide bonds. The Hall–Kier alpha value is -1.43. The fourth-order valence-electron chi connectivity index (χ4n) is 1.41. The van der Waals surface area contributed by atoms with Crippen molar-refractivity contribution >= 4 is 29.4 Å². The lowest BCUT2D eigenvalue weighted by atomic mass is 10.1. The molecule has 1 heterocycles. The maximum Gasteiger partial charge on any atom is 0.433 e. The van der Waals surface area contributed by atoms with Gasteiger partial charge < -0.3 is 4.72 Å². The van der Waals surface area contributed by atoms with E-state index in [9.17, 15) is 13.2 Å². The number of benzene rings is 1. The lowest BCUT2D eigenvalue weighted by Gasteiger charge is -2.10. The van der Waals surface area contributed by atoms with Gasteiger partial charge >= 0.3 is 6.18 Å². The molecule has 0 unspecified atom stereocenters. The number of rotatable bonds is 1. The van der Waals surface area contributed by atoms with Gasteiger partial charge in [0.1, 0.15) is 5.69 Å². The quantitative estimate of drug-likeness (QED) is 0.750. The first kappa shape index (κ1) is 11.1. The maximum atomic E-state index is 12.5. The monoisotopic (exact) mass is 244 g/mol. The molecule has 2 nitrogen and oxygen atoms in total. The normalized spacial score (nSPS) is 11.8. The van der Waals surface area contributed by atoms with E-state index in [1.807, 2.05) is 0 Å². The van der Waals surface area contributed by atoms with E-state index in [1.54, 1.807) is 18.2 Å². The third-order valence-electron chi connectivity index (χ3n) is 2.13. The number of hydrogen-bond donors (Lipinski definition) is 2. The predicted octanol–water partition coefficient (Wildman–Crippen LogP) is 3.51. The lowest BCUT2D eigenvalue weighted by molar-refractivity contribution is -0.140. The number of alkyl halides is 3. The van der Waals surface area contributed by atoms with Gasteiger partial charge in [-0.3, -0.25) is 0 Å². The summed E-state index contributed by atoms with van der Waals surface area (Å²) >= 11 is 3.78. The van der Waals surface area contributed by atoms with Crippen LogP contribution in [0.2, 0.25) is 0 Å². The molecule has 0 aliphatic carbocycles. The summed E-state index contributed by atoms with van der Waals surface area (Å²) in [5.74, 6) is 0. The molecule has 0 aliphatic rings. The summed E-state index contributed by atoms with van der Waals surface area (Å²) in [4.78, 5) is 3.56. The Labute approximate surface area is 95.0 Å². The second kappa shape index (κ2) is 3.86. The van der Waals surface area contributed by atoms with E-state index < -0.39 is 11.9 Å². The molecule has 0 radical (unpaired) electrons. The number of para-hydroxylation sites is 1. The smallest absolute Gasteiger partial charge is 0.332 e. The van der Waals surface area contributed by atoms with Gasteiger partial charge in [0.2, 0.25) is 0 Å². The van der Waals surface area contributed by atoms with Crippen LogP contribution in [0.25, 0.3) is 10.9 Å². The van der Waals surface area contributed by atoms with E-state index in [0.29, 0.717) is 11.1 Å². The molecule has 2 rings (SSSR count). The molecule has 16 heavy (non-hydrogen) atoms. The van der Waals surface area contributed by atoms with Crippen molar-refractivity contribution in [3.8, 4) is 0 Å². The van der Waals surface area contributed by atoms with Crippen molar-refractivity contribution in [2.75, 3.05) is 4.72 Å². The molecule has 84 valence electrons. The van der Waals surface area contributed by atoms with E-state index in [0.717, 1.165) is 6.07 Å². The number of hydrogen-bond acceptors (Lipinski definition) is 3. The minimum atomic E-state index is -4.45. The van der Waals surface area contributed by atoms with Crippen LogP contribution in [0.3, 0.4) is 0 Å². The minimum absolute atomic E-state index is 0.286. The van der Waals surface area contributed by atoms with Crippen LogP contribution in [0, 0.1) is 0 Å². The average molecular weight is 244 g/mol. The molecule has 1 aromatic heterocycles. The summed E-state index contributed by atoms with van der Waals surface area (Å²) in [6, 6.07) is 7.51. The maximum absolute atomic E-state index is 12.5. The minimum Gasteiger partial charge on any atom is -0.332 e. The Morgan fingerprint density at radius 1 is 1.19 bits per heavy atom. The summed E-state index contributed by atoms with van der Waals surface area (Å²) in [5, 5.41) is 0.602. The lowest BCUT2D eigenvalue weighted by Crippen LogP contribution is -2.08. The fraction of sp³-hybridized carbons (Fsp3) is 0.100. The van der Waals surface area contributed by atoms with Crippen LogP contribution in [0.4, 0.5) is 18.9 Å². The molecule has 1 N–H and O–H groups in total. The van der Waals surface area contributed by atoms with Gasteiger partial charge in [-0.1, -0.05) is 31.0 Å². The van der Waals surface area contributed by atoms with E-state index >= 15 is 0 Å². The van der Waals surface area contributed by atoms with Crippen LogP contribution in [0.1, 0.15) is 5.69 Å². The first-order valence-electron chi connectivity index (χ1n) is 4.39. The number of halogens is 3. The fourth-order valence-corrected chi connectivity index (χ4v) is 1.60. The van der Waals surface area contributed by atoms with Gasteiger partial charge in [0.25, 0.3) is 0 Å². The zero-order valence-corrected chi connectivity index (χ0v) is 8.81. The van der Waals surface area contributed by atoms with Gasteiger partial charge in [-0.05, 0) is 12.1 Å². The highest BCUT2D eigenvalue weighted by Gasteiger charge is 2.33. The molecule has 1 aromatic carbocycles. The van der Waals surface area contributed by atoms with Crippen molar-refractivity contribution in [3.05, 3.63) is 36.0 Å². The van der Waals surface area contributed by atoms with Crippen LogP contribution in [-0.2, 0) is 6.18 Å². The number of nitrogens with zero attached hydrogens (tertiary/aromatic N) is 1. The summed E-state index contributed by atoms with van der Waals surface area (Å²) in [6.45, 7) is 0. The highest BCUT2D eigenvalue weighted by Crippen LogP contribution is 2.32. The van der Waals surface area contributed by atoms with Gasteiger partial charge in [0, 0.05) is 5.39 Å². The first-order chi connectivity index (χ1) is 7.52. The van der Waals surface area contributed by atoms with Gasteiger partial charge in [-0.2, -0.15) is 13.2 Å². The molecule has 0 saturated heterocycles. The van der Waals surface area contributed by atoms with Crippen molar-refractivity contribution in [1.82, 2.24) is 4.98 Å². The molecule has 0 spiro atoms. The summed E-state index contributed by atoms with van der Waals surface area (Å²) in [7, 11) is 0. The average Bonchev–Trinajstić information content (AvgIpc) is 2.26. The second-order valence-electron chi connectivity index (χ2n) is 3.18. The predicted molar refractivity (Wildman–Crippen MR) is 59.4 cm³/mol. The Morgan fingerprint density at radius 2 is 1.88 bits per heavy atom. The topological polar surface area (TPSA) is 24.9 Å². The summed E-state index contributed by atoms with van der Waals surface area (Å²) in [6.07, 6.45) is -4.45. The van der Waals surface area contributed by atoms with Crippen LogP contribution in [0.5, 0.6) is 0 Å². The Kier molecular flexibility index (Phi) is 2.67. The van der Waals surface area contributed by atoms with Gasteiger partial charge in [0.15, 0.2) is 0 Å². The third kappa shape index (κ3) is 1.92. The zero-order valence-electron chi connectivity index (χ0n) is 7.92. The Morgan fingerprint density at radius 3 is 2.50 bits per heavy atom. The first-order valence-corrected chi connectivity index (χ1v) is 4.84. The van der Waals surface area contributed by atoms with Crippen molar-refractivity contribution in [2.24, 2.45) is 0 Å². The highest BCUT2D eigenvalue weighted by molar-refractivity contribution is 7.81. The number of aromatic nitrogens is 1. The van der Waals surface area contributed by atoms with Crippen LogP contribution in [0.15, 0.2) is 30.3 Å². The van der Waals surface area contributed by atoms with Crippen molar-refractivity contribution in [1.29, 1.82) is 0 Å². The number of nitrogens with one attached hydrogen (secondary N) is 1. The van der Waals surface area contributed by atoms with Crippen LogP contribution < -0.4 is 4.72 Å². The van der Waals surface area contributed by atoms with E-state index in [2.05, 4.69) is 22.5 Å². The van der Waals surface area contributed by atoms with Crippen molar-refractivity contribution < 1.29 is 13.2 Å². The molecule has 0 bridgehead atoms. The molecule has 0 atom stereocenters. The summed E-state index contributed by atoms with van der Waals surface area (Å²) < 4.78 is 40.0. The molecule has 0 aliphatic heterocycles. The largest absolute Gasteiger partial charge is 0.433 e. The molecule has 6 heteroatoms. The summed E-state index contributed by atoms with van der Waals surface area (Å²) in [5.41, 5.74) is -0.349. The van der Waals surface area contributed by atoms with Crippen molar-refractivity contribution in [2.45, 2.75) is 6.18 Å². The Balaban J connectivity index is 2.73. The highest BCUT2D eigenvalue weighted by atomic mass is 32.1. The number of thiol groups is 1. The van der Waals surface area contributed by atoms with Crippen molar-refractivity contribution in [3.63, 3.8) is 0 Å². The SMILES string of the molecule is FC(F)(F)c1cc(NS)c2ccccc2n1. The molecular formula is C10H7F3N2S. The number of pyridine rings is 1. The van der Waals surface area contributed by atoms with E-state index in [-0.39, 0.29) is 5.52 Å². The zero-order chi connectivity index (χ0) is 11.8. The van der Waals surface area contributed by atoms with Gasteiger partial charge in [0.05, 0.1) is 11.2 Å². The van der Waals surface area contributed by atoms with E-state index in [4.69, 9.17) is 0 Å². The third-order valence-corrected chi connectivity index (χ3v) is 2.37. The second-order valence-corrected chi connectivity index (χ2v) is 3.41. The molecule has 2 aromatic rings. The standard InChI is InChI=1S/C10H7F3N2S/c11-10(12,13)9-5-8(15-16)6-3-1-2-4-7(6)14-9/h1-5,16H,(H,14,15). The van der Waals surface area contributed by atoms with Gasteiger partial charge in [-0.25, -0.2) is 4.98 Å².